The van der Waals surface area contributed by atoms with Gasteiger partial charge in [0.1, 0.15) is 0 Å². The first-order chi connectivity index (χ1) is 5.68. The fourth-order valence-electron chi connectivity index (χ4n) is 0.694. The van der Waals surface area contributed by atoms with Gasteiger partial charge in [-0.1, -0.05) is 5.16 Å². The van der Waals surface area contributed by atoms with Crippen LogP contribution in [0.15, 0.2) is 4.52 Å². The number of carboxylic acid groups (broad SMARTS) is 1. The maximum Gasteiger partial charge on any atom is 0.317 e. The highest BCUT2D eigenvalue weighted by Gasteiger charge is 2.01. The molecule has 0 aromatic carbocycles. The number of hydrogen-bond donors (Lipinski definition) is 2. The minimum atomic E-state index is -0.907. The number of aromatic nitrogens is 2. The van der Waals surface area contributed by atoms with Crippen LogP contribution in [0.2, 0.25) is 0 Å². The average Bonchev–Trinajstić information content (AvgIpc) is 2.35. The summed E-state index contributed by atoms with van der Waals surface area (Å²) in [7, 11) is 0. The molecule has 1 aromatic heterocycles. The summed E-state index contributed by atoms with van der Waals surface area (Å²) in [5.74, 6) is 0.0334. The molecule has 0 aliphatic rings. The molecule has 0 amide bonds. The standard InChI is InChI=1S/C6H9N3O3/c1-4-8-5(9-12-4)2-7-3-6(10)11/h7H,2-3H2,1H3,(H,10,11). The van der Waals surface area contributed by atoms with E-state index in [-0.39, 0.29) is 6.54 Å². The molecule has 6 heteroatoms. The Kier molecular flexibility index (Phi) is 2.76. The summed E-state index contributed by atoms with van der Waals surface area (Å²) in [5.41, 5.74) is 0. The Hall–Kier alpha value is -1.43. The zero-order valence-electron chi connectivity index (χ0n) is 6.57. The predicted octanol–water partition coefficient (Wildman–Crippen LogP) is -0.448. The molecule has 1 heterocycles. The lowest BCUT2D eigenvalue weighted by molar-refractivity contribution is -0.136. The van der Waals surface area contributed by atoms with Crippen molar-refractivity contribution in [2.45, 2.75) is 13.5 Å². The second-order valence-corrected chi connectivity index (χ2v) is 2.23. The Morgan fingerprint density at radius 3 is 3.00 bits per heavy atom. The lowest BCUT2D eigenvalue weighted by Gasteiger charge is -1.94. The van der Waals surface area contributed by atoms with Crippen molar-refractivity contribution in [3.63, 3.8) is 0 Å². The molecule has 0 fully saturated rings. The molecule has 6 nitrogen and oxygen atoms in total. The second kappa shape index (κ2) is 3.82. The fraction of sp³-hybridized carbons (Fsp3) is 0.500. The van der Waals surface area contributed by atoms with Gasteiger partial charge in [0.25, 0.3) is 0 Å². The van der Waals surface area contributed by atoms with Crippen molar-refractivity contribution >= 4 is 5.97 Å². The highest BCUT2D eigenvalue weighted by molar-refractivity contribution is 5.68. The maximum absolute atomic E-state index is 10.1. The van der Waals surface area contributed by atoms with Crippen molar-refractivity contribution < 1.29 is 14.4 Å². The largest absolute Gasteiger partial charge is 0.480 e. The molecule has 0 unspecified atom stereocenters. The topological polar surface area (TPSA) is 88.2 Å². The van der Waals surface area contributed by atoms with E-state index in [4.69, 9.17) is 5.11 Å². The molecule has 2 N–H and O–H groups in total. The minimum absolute atomic E-state index is 0.104. The summed E-state index contributed by atoms with van der Waals surface area (Å²) in [4.78, 5) is 13.9. The van der Waals surface area contributed by atoms with Gasteiger partial charge in [0.2, 0.25) is 5.89 Å². The Bertz CT molecular complexity index is 271. The van der Waals surface area contributed by atoms with Crippen LogP contribution in [0.1, 0.15) is 11.7 Å². The van der Waals surface area contributed by atoms with Crippen molar-refractivity contribution in [3.8, 4) is 0 Å². The summed E-state index contributed by atoms with van der Waals surface area (Å²) < 4.78 is 4.67. The third kappa shape index (κ3) is 2.67. The Labute approximate surface area is 68.6 Å². The lowest BCUT2D eigenvalue weighted by Crippen LogP contribution is -2.22. The molecule has 0 bridgehead atoms. The predicted molar refractivity (Wildman–Crippen MR) is 38.4 cm³/mol. The number of hydrogen-bond acceptors (Lipinski definition) is 5. The maximum atomic E-state index is 10.1. The molecule has 66 valence electrons. The van der Waals surface area contributed by atoms with Crippen LogP contribution in [0.4, 0.5) is 0 Å². The molecular weight excluding hydrogens is 162 g/mol. The van der Waals surface area contributed by atoms with Gasteiger partial charge in [0.05, 0.1) is 13.1 Å². The number of nitrogens with zero attached hydrogens (tertiary/aromatic N) is 2. The molecular formula is C6H9N3O3. The minimum Gasteiger partial charge on any atom is -0.480 e. The monoisotopic (exact) mass is 171 g/mol. The van der Waals surface area contributed by atoms with Crippen LogP contribution in [0.3, 0.4) is 0 Å². The number of rotatable bonds is 4. The van der Waals surface area contributed by atoms with E-state index < -0.39 is 5.97 Å². The molecule has 0 atom stereocenters. The smallest absolute Gasteiger partial charge is 0.317 e. The first-order valence-electron chi connectivity index (χ1n) is 3.40. The quantitative estimate of drug-likeness (QED) is 0.638. The van der Waals surface area contributed by atoms with Crippen LogP contribution in [-0.4, -0.2) is 27.8 Å². The number of nitrogens with one attached hydrogen (secondary N) is 1. The van der Waals surface area contributed by atoms with Crippen LogP contribution in [0.25, 0.3) is 0 Å². The lowest BCUT2D eigenvalue weighted by atomic mass is 10.5. The number of aliphatic carboxylic acids is 1. The van der Waals surface area contributed by atoms with Gasteiger partial charge in [-0.15, -0.1) is 0 Å². The molecule has 0 spiro atoms. The van der Waals surface area contributed by atoms with E-state index in [9.17, 15) is 4.79 Å². The normalized spacial score (nSPS) is 10.1. The van der Waals surface area contributed by atoms with Crippen LogP contribution >= 0.6 is 0 Å². The summed E-state index contributed by atoms with van der Waals surface area (Å²) in [5, 5.41) is 14.5. The van der Waals surface area contributed by atoms with Crippen LogP contribution in [0, 0.1) is 6.92 Å². The molecule has 1 rings (SSSR count). The van der Waals surface area contributed by atoms with Gasteiger partial charge in [-0.2, -0.15) is 4.98 Å². The molecule has 1 aromatic rings. The van der Waals surface area contributed by atoms with E-state index in [1.54, 1.807) is 6.92 Å². The van der Waals surface area contributed by atoms with Crippen molar-refractivity contribution in [2.75, 3.05) is 6.54 Å². The Morgan fingerprint density at radius 2 is 2.50 bits per heavy atom. The third-order valence-electron chi connectivity index (χ3n) is 1.13. The molecule has 0 radical (unpaired) electrons. The second-order valence-electron chi connectivity index (χ2n) is 2.23. The van der Waals surface area contributed by atoms with Crippen molar-refractivity contribution in [1.82, 2.24) is 15.5 Å². The van der Waals surface area contributed by atoms with Crippen LogP contribution < -0.4 is 5.32 Å². The van der Waals surface area contributed by atoms with E-state index in [0.717, 1.165) is 0 Å². The van der Waals surface area contributed by atoms with Gasteiger partial charge in [0, 0.05) is 6.92 Å². The van der Waals surface area contributed by atoms with Crippen molar-refractivity contribution in [2.24, 2.45) is 0 Å². The fourth-order valence-corrected chi connectivity index (χ4v) is 0.694. The van der Waals surface area contributed by atoms with Crippen LogP contribution in [-0.2, 0) is 11.3 Å². The number of carbonyl (C=O) groups is 1. The molecule has 0 saturated heterocycles. The van der Waals surface area contributed by atoms with E-state index in [2.05, 4.69) is 20.0 Å². The first kappa shape index (κ1) is 8.66. The van der Waals surface area contributed by atoms with Crippen LogP contribution in [0.5, 0.6) is 0 Å². The van der Waals surface area contributed by atoms with E-state index in [1.807, 2.05) is 0 Å². The number of carboxylic acids is 1. The van der Waals surface area contributed by atoms with Crippen molar-refractivity contribution in [1.29, 1.82) is 0 Å². The molecule has 12 heavy (non-hydrogen) atoms. The third-order valence-corrected chi connectivity index (χ3v) is 1.13. The van der Waals surface area contributed by atoms with Gasteiger partial charge >= 0.3 is 5.97 Å². The molecule has 0 aliphatic carbocycles. The zero-order valence-corrected chi connectivity index (χ0v) is 6.57. The summed E-state index contributed by atoms with van der Waals surface area (Å²) in [6, 6.07) is 0. The first-order valence-corrected chi connectivity index (χ1v) is 3.40. The average molecular weight is 171 g/mol. The summed E-state index contributed by atoms with van der Waals surface area (Å²) in [6.07, 6.45) is 0. The molecule has 0 aliphatic heterocycles. The van der Waals surface area contributed by atoms with Gasteiger partial charge in [-0.05, 0) is 0 Å². The van der Waals surface area contributed by atoms with Gasteiger partial charge < -0.3 is 9.63 Å². The highest BCUT2D eigenvalue weighted by atomic mass is 16.5. The van der Waals surface area contributed by atoms with E-state index in [0.29, 0.717) is 18.3 Å². The van der Waals surface area contributed by atoms with Gasteiger partial charge in [0.15, 0.2) is 5.82 Å². The van der Waals surface area contributed by atoms with E-state index >= 15 is 0 Å². The zero-order chi connectivity index (χ0) is 8.97. The summed E-state index contributed by atoms with van der Waals surface area (Å²) in [6.45, 7) is 1.88. The van der Waals surface area contributed by atoms with Gasteiger partial charge in [-0.3, -0.25) is 10.1 Å². The number of aryl methyl sites for hydroxylation is 1. The highest BCUT2D eigenvalue weighted by Crippen LogP contribution is 1.92. The summed E-state index contributed by atoms with van der Waals surface area (Å²) >= 11 is 0. The Morgan fingerprint density at radius 1 is 1.75 bits per heavy atom. The van der Waals surface area contributed by atoms with Gasteiger partial charge in [-0.25, -0.2) is 0 Å². The van der Waals surface area contributed by atoms with Crippen molar-refractivity contribution in [3.05, 3.63) is 11.7 Å². The molecule has 0 saturated carbocycles. The van der Waals surface area contributed by atoms with E-state index in [1.165, 1.54) is 0 Å². The Balaban J connectivity index is 2.29. The SMILES string of the molecule is Cc1nc(CNCC(=O)O)no1.